The predicted molar refractivity (Wildman–Crippen MR) is 95.9 cm³/mol. The lowest BCUT2D eigenvalue weighted by Crippen LogP contribution is -2.17. The topological polar surface area (TPSA) is 111 Å². The number of anilines is 1. The molecule has 2 heterocycles. The van der Waals surface area contributed by atoms with Crippen molar-refractivity contribution in [3.8, 4) is 17.2 Å². The molecule has 0 saturated heterocycles. The summed E-state index contributed by atoms with van der Waals surface area (Å²) in [4.78, 5) is 12.1. The first kappa shape index (κ1) is 18.1. The van der Waals surface area contributed by atoms with Crippen LogP contribution in [-0.4, -0.2) is 37.4 Å². The van der Waals surface area contributed by atoms with Crippen LogP contribution in [-0.2, 0) is 14.6 Å². The Balaban J connectivity index is 1.58. The molecule has 10 heteroatoms. The van der Waals surface area contributed by atoms with Crippen LogP contribution in [0.5, 0.6) is 5.75 Å². The molecule has 8 nitrogen and oxygen atoms in total. The molecule has 0 unspecified atom stereocenters. The van der Waals surface area contributed by atoms with Crippen molar-refractivity contribution in [1.82, 2.24) is 10.2 Å². The van der Waals surface area contributed by atoms with Crippen molar-refractivity contribution in [3.05, 3.63) is 41.1 Å². The second-order valence-corrected chi connectivity index (χ2v) is 8.11. The molecule has 26 heavy (non-hydrogen) atoms. The molecule has 0 aliphatic heterocycles. The van der Waals surface area contributed by atoms with Crippen molar-refractivity contribution in [2.75, 3.05) is 18.2 Å². The fourth-order valence-electron chi connectivity index (χ4n) is 2.09. The maximum absolute atomic E-state index is 12.3. The van der Waals surface area contributed by atoms with Gasteiger partial charge in [0.1, 0.15) is 5.75 Å². The number of sulfone groups is 1. The molecule has 1 N–H and O–H groups in total. The highest BCUT2D eigenvalue weighted by molar-refractivity contribution is 7.91. The third kappa shape index (κ3) is 4.27. The number of benzene rings is 1. The first-order valence-corrected chi connectivity index (χ1v) is 10.1. The Morgan fingerprint density at radius 3 is 2.65 bits per heavy atom. The Morgan fingerprint density at radius 2 is 2.00 bits per heavy atom. The summed E-state index contributed by atoms with van der Waals surface area (Å²) in [7, 11) is -2.09. The summed E-state index contributed by atoms with van der Waals surface area (Å²) in [6.45, 7) is 0. The van der Waals surface area contributed by atoms with E-state index in [1.54, 1.807) is 12.1 Å². The van der Waals surface area contributed by atoms with Crippen LogP contribution in [0.15, 0.2) is 50.4 Å². The molecule has 0 spiro atoms. The molecule has 136 valence electrons. The Hall–Kier alpha value is -2.72. The van der Waals surface area contributed by atoms with Crippen LogP contribution < -0.4 is 10.1 Å². The zero-order valence-electron chi connectivity index (χ0n) is 13.7. The van der Waals surface area contributed by atoms with Gasteiger partial charge in [0.25, 0.3) is 5.89 Å². The van der Waals surface area contributed by atoms with Crippen LogP contribution in [0.3, 0.4) is 0 Å². The fraction of sp³-hybridized carbons (Fsp3) is 0.188. The van der Waals surface area contributed by atoms with E-state index in [0.29, 0.717) is 5.75 Å². The van der Waals surface area contributed by atoms with E-state index < -0.39 is 15.7 Å². The molecule has 0 bridgehead atoms. The van der Waals surface area contributed by atoms with Gasteiger partial charge in [0.15, 0.2) is 9.84 Å². The molecule has 0 radical (unpaired) electrons. The molecular formula is C16H15N3O5S2. The number of nitrogens with one attached hydrogen (secondary N) is 1. The number of thiophene rings is 1. The number of hydrogen-bond donors (Lipinski definition) is 1. The van der Waals surface area contributed by atoms with Crippen molar-refractivity contribution < 1.29 is 22.4 Å². The van der Waals surface area contributed by atoms with E-state index in [9.17, 15) is 13.2 Å². The number of carbonyl (C=O) groups is 1. The highest BCUT2D eigenvalue weighted by Gasteiger charge is 2.18. The van der Waals surface area contributed by atoms with Crippen LogP contribution >= 0.6 is 11.3 Å². The summed E-state index contributed by atoms with van der Waals surface area (Å²) in [6.07, 6.45) is -0.232. The normalized spacial score (nSPS) is 11.3. The van der Waals surface area contributed by atoms with E-state index in [1.807, 2.05) is 16.8 Å². The van der Waals surface area contributed by atoms with Gasteiger partial charge >= 0.3 is 6.01 Å². The number of ether oxygens (including phenoxy) is 1. The Labute approximate surface area is 153 Å². The second kappa shape index (κ2) is 7.67. The average Bonchev–Trinajstić information content (AvgIpc) is 3.32. The van der Waals surface area contributed by atoms with Crippen LogP contribution in [0.25, 0.3) is 11.5 Å². The molecule has 1 aromatic carbocycles. The SMILES string of the molecule is COc1ccc(S(=O)(=O)CCC(=O)Nc2nnc(-c3ccsc3)o2)cc1. The van der Waals surface area contributed by atoms with E-state index in [2.05, 4.69) is 15.5 Å². The monoisotopic (exact) mass is 393 g/mol. The first-order valence-electron chi connectivity index (χ1n) is 7.51. The molecule has 1 amide bonds. The highest BCUT2D eigenvalue weighted by atomic mass is 32.2. The molecule has 2 aromatic heterocycles. The maximum Gasteiger partial charge on any atom is 0.322 e. The molecular weight excluding hydrogens is 378 g/mol. The summed E-state index contributed by atoms with van der Waals surface area (Å²) in [5.41, 5.74) is 0.755. The third-order valence-corrected chi connectivity index (χ3v) is 5.87. The Bertz CT molecular complexity index is 979. The van der Waals surface area contributed by atoms with Gasteiger partial charge < -0.3 is 9.15 Å². The Morgan fingerprint density at radius 1 is 1.23 bits per heavy atom. The number of methoxy groups -OCH3 is 1. The zero-order chi connectivity index (χ0) is 18.6. The number of amides is 1. The lowest BCUT2D eigenvalue weighted by molar-refractivity contribution is -0.115. The fourth-order valence-corrected chi connectivity index (χ4v) is 3.96. The summed E-state index contributed by atoms with van der Waals surface area (Å²) in [5, 5.41) is 13.7. The van der Waals surface area contributed by atoms with Gasteiger partial charge in [-0.15, -0.1) is 5.10 Å². The van der Waals surface area contributed by atoms with E-state index >= 15 is 0 Å². The van der Waals surface area contributed by atoms with E-state index in [1.165, 1.54) is 30.6 Å². The van der Waals surface area contributed by atoms with Crippen LogP contribution in [0.1, 0.15) is 6.42 Å². The van der Waals surface area contributed by atoms with Crippen LogP contribution in [0, 0.1) is 0 Å². The van der Waals surface area contributed by atoms with Gasteiger partial charge in [-0.05, 0) is 35.7 Å². The molecule has 0 saturated carbocycles. The minimum absolute atomic E-state index is 0.0713. The van der Waals surface area contributed by atoms with Gasteiger partial charge in [0.05, 0.1) is 17.8 Å². The predicted octanol–water partition coefficient (Wildman–Crippen LogP) is 2.61. The van der Waals surface area contributed by atoms with Gasteiger partial charge in [0, 0.05) is 17.4 Å². The molecule has 0 fully saturated rings. The number of nitrogens with zero attached hydrogens (tertiary/aromatic N) is 2. The van der Waals surface area contributed by atoms with Gasteiger partial charge in [0.2, 0.25) is 5.91 Å². The van der Waals surface area contributed by atoms with Crippen LogP contribution in [0.2, 0.25) is 0 Å². The zero-order valence-corrected chi connectivity index (χ0v) is 15.3. The summed E-state index contributed by atoms with van der Waals surface area (Å²) < 4.78 is 34.9. The van der Waals surface area contributed by atoms with E-state index in [4.69, 9.17) is 9.15 Å². The molecule has 3 aromatic rings. The quantitative estimate of drug-likeness (QED) is 0.657. The third-order valence-electron chi connectivity index (χ3n) is 3.46. The number of carbonyl (C=O) groups excluding carboxylic acids is 1. The molecule has 0 aliphatic rings. The number of rotatable bonds is 7. The minimum atomic E-state index is -3.58. The Kier molecular flexibility index (Phi) is 5.33. The van der Waals surface area contributed by atoms with Crippen LogP contribution in [0.4, 0.5) is 6.01 Å². The van der Waals surface area contributed by atoms with E-state index in [-0.39, 0.29) is 29.0 Å². The van der Waals surface area contributed by atoms with Gasteiger partial charge in [-0.1, -0.05) is 5.10 Å². The molecule has 0 aliphatic carbocycles. The average molecular weight is 393 g/mol. The lowest BCUT2D eigenvalue weighted by atomic mass is 10.3. The van der Waals surface area contributed by atoms with Crippen molar-refractivity contribution in [2.24, 2.45) is 0 Å². The summed E-state index contributed by atoms with van der Waals surface area (Å²) in [5.74, 6) is -0.0222. The summed E-state index contributed by atoms with van der Waals surface area (Å²) in [6, 6.07) is 7.73. The lowest BCUT2D eigenvalue weighted by Gasteiger charge is -2.05. The van der Waals surface area contributed by atoms with Crippen molar-refractivity contribution in [1.29, 1.82) is 0 Å². The van der Waals surface area contributed by atoms with Crippen molar-refractivity contribution in [2.45, 2.75) is 11.3 Å². The number of aromatic nitrogens is 2. The highest BCUT2D eigenvalue weighted by Crippen LogP contribution is 2.22. The maximum atomic E-state index is 12.3. The van der Waals surface area contributed by atoms with Gasteiger partial charge in [-0.2, -0.15) is 11.3 Å². The van der Waals surface area contributed by atoms with Crippen molar-refractivity contribution in [3.63, 3.8) is 0 Å². The molecule has 3 rings (SSSR count). The minimum Gasteiger partial charge on any atom is -0.497 e. The summed E-state index contributed by atoms with van der Waals surface area (Å²) >= 11 is 1.48. The van der Waals surface area contributed by atoms with E-state index in [0.717, 1.165) is 5.56 Å². The molecule has 0 atom stereocenters. The smallest absolute Gasteiger partial charge is 0.322 e. The van der Waals surface area contributed by atoms with Crippen molar-refractivity contribution >= 4 is 33.1 Å². The number of hydrogen-bond acceptors (Lipinski definition) is 8. The second-order valence-electron chi connectivity index (χ2n) is 5.22. The van der Waals surface area contributed by atoms with Gasteiger partial charge in [-0.3, -0.25) is 10.1 Å². The standard InChI is InChI=1S/C16H15N3O5S2/c1-23-12-2-4-13(5-3-12)26(21,22)9-7-14(20)17-16-19-18-15(24-16)11-6-8-25-10-11/h2-6,8,10H,7,9H2,1H3,(H,17,19,20). The van der Waals surface area contributed by atoms with Gasteiger partial charge in [-0.25, -0.2) is 8.42 Å². The largest absolute Gasteiger partial charge is 0.497 e. The first-order chi connectivity index (χ1) is 12.5.